The topological polar surface area (TPSA) is 37.8 Å². The Morgan fingerprint density at radius 3 is 2.75 bits per heavy atom. The number of nitrogens with zero attached hydrogens (tertiary/aromatic N) is 2. The molecule has 0 amide bonds. The molecule has 1 aromatic heterocycles. The predicted octanol–water partition coefficient (Wildman–Crippen LogP) is 3.02. The third kappa shape index (κ3) is 4.27. The summed E-state index contributed by atoms with van der Waals surface area (Å²) in [6.07, 6.45) is 8.21. The van der Waals surface area contributed by atoms with E-state index in [1.807, 2.05) is 26.2 Å². The fourth-order valence-electron chi connectivity index (χ4n) is 1.88. The van der Waals surface area contributed by atoms with Crippen molar-refractivity contribution in [3.63, 3.8) is 0 Å². The first-order valence-electron chi connectivity index (χ1n) is 6.24. The van der Waals surface area contributed by atoms with Gasteiger partial charge in [-0.15, -0.1) is 0 Å². The van der Waals surface area contributed by atoms with E-state index in [2.05, 4.69) is 22.2 Å². The highest BCUT2D eigenvalue weighted by Crippen LogP contribution is 2.17. The summed E-state index contributed by atoms with van der Waals surface area (Å²) in [6, 6.07) is 2.38. The molecule has 0 saturated heterocycles. The number of hydrogen-bond acceptors (Lipinski definition) is 3. The van der Waals surface area contributed by atoms with E-state index in [0.717, 1.165) is 17.9 Å². The molecule has 1 rings (SSSR count). The van der Waals surface area contributed by atoms with Crippen molar-refractivity contribution in [1.29, 1.82) is 0 Å². The molecular formula is C13H23N3. The lowest BCUT2D eigenvalue weighted by Gasteiger charge is -2.15. The first-order chi connectivity index (χ1) is 7.77. The number of aromatic nitrogens is 2. The average molecular weight is 221 g/mol. The molecule has 1 aromatic rings. The molecule has 0 aliphatic rings. The summed E-state index contributed by atoms with van der Waals surface area (Å²) in [6.45, 7) is 4.18. The summed E-state index contributed by atoms with van der Waals surface area (Å²) >= 11 is 0. The Hall–Kier alpha value is -0.960. The van der Waals surface area contributed by atoms with E-state index in [4.69, 9.17) is 0 Å². The number of hydrogen-bond donors (Lipinski definition) is 1. The van der Waals surface area contributed by atoms with Crippen molar-refractivity contribution in [2.45, 2.75) is 52.0 Å². The van der Waals surface area contributed by atoms with Crippen LogP contribution in [-0.2, 0) is 0 Å². The largest absolute Gasteiger partial charge is 0.312 e. The van der Waals surface area contributed by atoms with Crippen molar-refractivity contribution in [2.75, 3.05) is 7.05 Å². The van der Waals surface area contributed by atoms with E-state index in [9.17, 15) is 0 Å². The predicted molar refractivity (Wildman–Crippen MR) is 67.3 cm³/mol. The number of nitrogens with one attached hydrogen (secondary N) is 1. The van der Waals surface area contributed by atoms with Gasteiger partial charge in [0.1, 0.15) is 5.82 Å². The molecule has 3 nitrogen and oxygen atoms in total. The van der Waals surface area contributed by atoms with E-state index in [1.165, 1.54) is 25.7 Å². The third-order valence-corrected chi connectivity index (χ3v) is 2.85. The standard InChI is InChI=1S/C13H23N3/c1-4-5-6-7-8-12(14-3)13-9-10-15-11(2)16-13/h9-10,12,14H,4-8H2,1-3H3. The highest BCUT2D eigenvalue weighted by atomic mass is 14.9. The minimum absolute atomic E-state index is 0.374. The van der Waals surface area contributed by atoms with Gasteiger partial charge in [0.05, 0.1) is 5.69 Å². The van der Waals surface area contributed by atoms with Crippen LogP contribution >= 0.6 is 0 Å². The van der Waals surface area contributed by atoms with E-state index in [-0.39, 0.29) is 0 Å². The van der Waals surface area contributed by atoms with Crippen LogP contribution in [0, 0.1) is 6.92 Å². The fraction of sp³-hybridized carbons (Fsp3) is 0.692. The number of aryl methyl sites for hydroxylation is 1. The highest BCUT2D eigenvalue weighted by molar-refractivity contribution is 5.06. The van der Waals surface area contributed by atoms with Gasteiger partial charge in [0, 0.05) is 12.2 Å². The zero-order valence-corrected chi connectivity index (χ0v) is 10.7. The van der Waals surface area contributed by atoms with E-state index >= 15 is 0 Å². The molecule has 0 aliphatic carbocycles. The van der Waals surface area contributed by atoms with Gasteiger partial charge in [-0.1, -0.05) is 32.6 Å². The molecule has 90 valence electrons. The van der Waals surface area contributed by atoms with Crippen LogP contribution in [0.25, 0.3) is 0 Å². The van der Waals surface area contributed by atoms with Crippen molar-refractivity contribution in [3.05, 3.63) is 23.8 Å². The Morgan fingerprint density at radius 1 is 1.31 bits per heavy atom. The van der Waals surface area contributed by atoms with Crippen LogP contribution in [0.3, 0.4) is 0 Å². The number of unbranched alkanes of at least 4 members (excludes halogenated alkanes) is 3. The lowest BCUT2D eigenvalue weighted by molar-refractivity contribution is 0.494. The second-order valence-corrected chi connectivity index (χ2v) is 4.22. The average Bonchev–Trinajstić information content (AvgIpc) is 2.29. The van der Waals surface area contributed by atoms with Crippen LogP contribution in [0.4, 0.5) is 0 Å². The van der Waals surface area contributed by atoms with Gasteiger partial charge < -0.3 is 5.32 Å². The Bertz CT molecular complexity index is 299. The van der Waals surface area contributed by atoms with Gasteiger partial charge in [-0.2, -0.15) is 0 Å². The minimum atomic E-state index is 0.374. The highest BCUT2D eigenvalue weighted by Gasteiger charge is 2.10. The second-order valence-electron chi connectivity index (χ2n) is 4.22. The van der Waals surface area contributed by atoms with E-state index < -0.39 is 0 Å². The van der Waals surface area contributed by atoms with Crippen LogP contribution in [0.15, 0.2) is 12.3 Å². The quantitative estimate of drug-likeness (QED) is 0.719. The maximum Gasteiger partial charge on any atom is 0.125 e. The minimum Gasteiger partial charge on any atom is -0.312 e. The summed E-state index contributed by atoms with van der Waals surface area (Å²) in [7, 11) is 2.00. The monoisotopic (exact) mass is 221 g/mol. The smallest absolute Gasteiger partial charge is 0.125 e. The van der Waals surface area contributed by atoms with Crippen molar-refractivity contribution in [2.24, 2.45) is 0 Å². The van der Waals surface area contributed by atoms with Crippen LogP contribution in [-0.4, -0.2) is 17.0 Å². The fourth-order valence-corrected chi connectivity index (χ4v) is 1.88. The normalized spacial score (nSPS) is 12.7. The molecule has 1 heterocycles. The molecule has 0 saturated carbocycles. The van der Waals surface area contributed by atoms with E-state index in [0.29, 0.717) is 6.04 Å². The van der Waals surface area contributed by atoms with Gasteiger partial charge in [-0.3, -0.25) is 0 Å². The summed E-state index contributed by atoms with van der Waals surface area (Å²) in [5.41, 5.74) is 1.12. The van der Waals surface area contributed by atoms with Crippen LogP contribution < -0.4 is 5.32 Å². The molecule has 1 unspecified atom stereocenters. The molecule has 0 bridgehead atoms. The Balaban J connectivity index is 2.47. The maximum absolute atomic E-state index is 4.47. The van der Waals surface area contributed by atoms with Gasteiger partial charge in [-0.05, 0) is 26.5 Å². The first-order valence-corrected chi connectivity index (χ1v) is 6.24. The van der Waals surface area contributed by atoms with Crippen molar-refractivity contribution in [3.8, 4) is 0 Å². The first kappa shape index (κ1) is 13.1. The third-order valence-electron chi connectivity index (χ3n) is 2.85. The molecule has 1 atom stereocenters. The van der Waals surface area contributed by atoms with Crippen molar-refractivity contribution < 1.29 is 0 Å². The van der Waals surface area contributed by atoms with Gasteiger partial charge >= 0.3 is 0 Å². The van der Waals surface area contributed by atoms with Crippen molar-refractivity contribution in [1.82, 2.24) is 15.3 Å². The zero-order valence-electron chi connectivity index (χ0n) is 10.7. The maximum atomic E-state index is 4.47. The molecule has 0 aromatic carbocycles. The van der Waals surface area contributed by atoms with Gasteiger partial charge in [0.25, 0.3) is 0 Å². The van der Waals surface area contributed by atoms with Crippen molar-refractivity contribution >= 4 is 0 Å². The summed E-state index contributed by atoms with van der Waals surface area (Å²) in [5, 5.41) is 3.33. The molecule has 0 fully saturated rings. The molecule has 0 aliphatic heterocycles. The van der Waals surface area contributed by atoms with Crippen LogP contribution in [0.5, 0.6) is 0 Å². The van der Waals surface area contributed by atoms with Gasteiger partial charge in [0.15, 0.2) is 0 Å². The summed E-state index contributed by atoms with van der Waals surface area (Å²) in [5.74, 6) is 0.853. The van der Waals surface area contributed by atoms with Crippen LogP contribution in [0.2, 0.25) is 0 Å². The molecular weight excluding hydrogens is 198 g/mol. The molecule has 0 radical (unpaired) electrons. The molecule has 0 spiro atoms. The Labute approximate surface area is 98.7 Å². The Morgan fingerprint density at radius 2 is 2.12 bits per heavy atom. The summed E-state index contributed by atoms with van der Waals surface area (Å²) < 4.78 is 0. The van der Waals surface area contributed by atoms with Crippen LogP contribution in [0.1, 0.15) is 56.6 Å². The SMILES string of the molecule is CCCCCCC(NC)c1ccnc(C)n1. The lowest BCUT2D eigenvalue weighted by atomic mass is 10.0. The molecule has 3 heteroatoms. The zero-order chi connectivity index (χ0) is 11.8. The van der Waals surface area contributed by atoms with E-state index in [1.54, 1.807) is 0 Å². The summed E-state index contributed by atoms with van der Waals surface area (Å²) in [4.78, 5) is 8.60. The second kappa shape index (κ2) is 7.34. The lowest BCUT2D eigenvalue weighted by Crippen LogP contribution is -2.18. The molecule has 1 N–H and O–H groups in total. The van der Waals surface area contributed by atoms with Gasteiger partial charge in [-0.25, -0.2) is 9.97 Å². The number of rotatable bonds is 7. The Kier molecular flexibility index (Phi) is 6.01. The molecule has 16 heavy (non-hydrogen) atoms. The van der Waals surface area contributed by atoms with Gasteiger partial charge in [0.2, 0.25) is 0 Å².